The lowest BCUT2D eigenvalue weighted by Crippen LogP contribution is -1.94. The standard InChI is InChI=1S/C13H14N2.C9H12/c1-9-6-7-11(13(15)8-9)10-4-2-3-5-12(10)14;1-8(2)9-6-4-3-5-7-9/h2-8H,14-15H2,1H3;3-8H,1-2H3. The molecule has 4 N–H and O–H groups in total. The van der Waals surface area contributed by atoms with Gasteiger partial charge >= 0.3 is 0 Å². The molecule has 0 saturated heterocycles. The van der Waals surface area contributed by atoms with Gasteiger partial charge in [0.05, 0.1) is 0 Å². The van der Waals surface area contributed by atoms with Crippen molar-refractivity contribution in [2.24, 2.45) is 0 Å². The molecular weight excluding hydrogens is 292 g/mol. The van der Waals surface area contributed by atoms with Crippen molar-refractivity contribution in [2.75, 3.05) is 11.5 Å². The van der Waals surface area contributed by atoms with Crippen LogP contribution in [0.15, 0.2) is 72.8 Å². The molecule has 3 aromatic carbocycles. The van der Waals surface area contributed by atoms with Crippen molar-refractivity contribution in [2.45, 2.75) is 26.7 Å². The van der Waals surface area contributed by atoms with Crippen LogP contribution in [0.4, 0.5) is 11.4 Å². The molecule has 0 spiro atoms. The smallest absolute Gasteiger partial charge is 0.0397 e. The summed E-state index contributed by atoms with van der Waals surface area (Å²) in [5, 5.41) is 0. The Morgan fingerprint density at radius 1 is 0.667 bits per heavy atom. The zero-order chi connectivity index (χ0) is 17.5. The van der Waals surface area contributed by atoms with Gasteiger partial charge in [-0.1, -0.05) is 74.5 Å². The summed E-state index contributed by atoms with van der Waals surface area (Å²) in [5.74, 6) is 0.659. The van der Waals surface area contributed by atoms with Gasteiger partial charge in [0.25, 0.3) is 0 Å². The minimum atomic E-state index is 0.659. The Balaban J connectivity index is 0.000000198. The zero-order valence-electron chi connectivity index (χ0n) is 14.7. The quantitative estimate of drug-likeness (QED) is 0.601. The molecule has 0 bridgehead atoms. The summed E-state index contributed by atoms with van der Waals surface area (Å²) >= 11 is 0. The fourth-order valence-corrected chi connectivity index (χ4v) is 2.51. The van der Waals surface area contributed by atoms with E-state index in [1.807, 2.05) is 55.5 Å². The lowest BCUT2D eigenvalue weighted by atomic mass is 10.0. The van der Waals surface area contributed by atoms with Gasteiger partial charge in [-0.15, -0.1) is 0 Å². The maximum absolute atomic E-state index is 5.97. The minimum Gasteiger partial charge on any atom is -0.398 e. The summed E-state index contributed by atoms with van der Waals surface area (Å²) in [5.41, 5.74) is 18.0. The van der Waals surface area contributed by atoms with Crippen molar-refractivity contribution < 1.29 is 0 Å². The first-order chi connectivity index (χ1) is 11.5. The minimum absolute atomic E-state index is 0.659. The molecular formula is C22H26N2. The van der Waals surface area contributed by atoms with E-state index in [0.717, 1.165) is 28.1 Å². The van der Waals surface area contributed by atoms with E-state index < -0.39 is 0 Å². The van der Waals surface area contributed by atoms with Crippen LogP contribution in [0.1, 0.15) is 30.9 Å². The number of aryl methyl sites for hydroxylation is 1. The van der Waals surface area contributed by atoms with Crippen molar-refractivity contribution in [1.29, 1.82) is 0 Å². The molecule has 0 saturated carbocycles. The van der Waals surface area contributed by atoms with E-state index in [0.29, 0.717) is 5.92 Å². The van der Waals surface area contributed by atoms with Crippen LogP contribution in [0.3, 0.4) is 0 Å². The van der Waals surface area contributed by atoms with Gasteiger partial charge in [0.15, 0.2) is 0 Å². The van der Waals surface area contributed by atoms with Gasteiger partial charge in [0.1, 0.15) is 0 Å². The predicted molar refractivity (Wildman–Crippen MR) is 106 cm³/mol. The van der Waals surface area contributed by atoms with E-state index in [-0.39, 0.29) is 0 Å². The summed E-state index contributed by atoms with van der Waals surface area (Å²) in [7, 11) is 0. The van der Waals surface area contributed by atoms with Crippen LogP contribution < -0.4 is 11.5 Å². The maximum Gasteiger partial charge on any atom is 0.0397 e. The molecule has 0 aliphatic rings. The lowest BCUT2D eigenvalue weighted by Gasteiger charge is -2.09. The highest BCUT2D eigenvalue weighted by Crippen LogP contribution is 2.30. The zero-order valence-corrected chi connectivity index (χ0v) is 14.7. The fourth-order valence-electron chi connectivity index (χ4n) is 2.51. The number of benzene rings is 3. The van der Waals surface area contributed by atoms with Crippen LogP contribution in [0, 0.1) is 6.92 Å². The molecule has 2 heteroatoms. The van der Waals surface area contributed by atoms with Crippen LogP contribution in [0.25, 0.3) is 11.1 Å². The number of nitrogens with two attached hydrogens (primary N) is 2. The third-order valence-electron chi connectivity index (χ3n) is 3.92. The Hall–Kier alpha value is -2.74. The van der Waals surface area contributed by atoms with Gasteiger partial charge in [-0.3, -0.25) is 0 Å². The van der Waals surface area contributed by atoms with Gasteiger partial charge in [-0.2, -0.15) is 0 Å². The second-order valence-corrected chi connectivity index (χ2v) is 6.24. The summed E-state index contributed by atoms with van der Waals surface area (Å²) in [6, 6.07) is 24.3. The molecule has 0 aliphatic carbocycles. The van der Waals surface area contributed by atoms with E-state index in [2.05, 4.69) is 38.1 Å². The second-order valence-electron chi connectivity index (χ2n) is 6.24. The second kappa shape index (κ2) is 8.21. The Bertz CT molecular complexity index is 777. The number of rotatable bonds is 2. The molecule has 0 fully saturated rings. The van der Waals surface area contributed by atoms with Gasteiger partial charge in [-0.25, -0.2) is 0 Å². The summed E-state index contributed by atoms with van der Waals surface area (Å²) in [4.78, 5) is 0. The number of hydrogen-bond acceptors (Lipinski definition) is 2. The average molecular weight is 318 g/mol. The van der Waals surface area contributed by atoms with Crippen LogP contribution in [-0.4, -0.2) is 0 Å². The molecule has 124 valence electrons. The van der Waals surface area contributed by atoms with E-state index >= 15 is 0 Å². The third-order valence-corrected chi connectivity index (χ3v) is 3.92. The predicted octanol–water partition coefficient (Wildman–Crippen LogP) is 5.64. The molecule has 24 heavy (non-hydrogen) atoms. The maximum atomic E-state index is 5.97. The lowest BCUT2D eigenvalue weighted by molar-refractivity contribution is 0.867. The molecule has 2 nitrogen and oxygen atoms in total. The molecule has 0 unspecified atom stereocenters. The molecule has 0 aromatic heterocycles. The topological polar surface area (TPSA) is 52.0 Å². The number of para-hydroxylation sites is 1. The van der Waals surface area contributed by atoms with E-state index in [4.69, 9.17) is 11.5 Å². The van der Waals surface area contributed by atoms with Crippen LogP contribution in [-0.2, 0) is 0 Å². The molecule has 0 heterocycles. The molecule has 0 atom stereocenters. The van der Waals surface area contributed by atoms with E-state index in [1.165, 1.54) is 5.56 Å². The van der Waals surface area contributed by atoms with E-state index in [9.17, 15) is 0 Å². The van der Waals surface area contributed by atoms with Crippen molar-refractivity contribution in [3.05, 3.63) is 83.9 Å². The highest BCUT2D eigenvalue weighted by molar-refractivity contribution is 5.84. The Morgan fingerprint density at radius 3 is 1.79 bits per heavy atom. The molecule has 0 amide bonds. The monoisotopic (exact) mass is 318 g/mol. The first-order valence-corrected chi connectivity index (χ1v) is 8.25. The average Bonchev–Trinajstić information content (AvgIpc) is 2.57. The van der Waals surface area contributed by atoms with Gasteiger partial charge in [0.2, 0.25) is 0 Å². The highest BCUT2D eigenvalue weighted by Gasteiger charge is 2.05. The van der Waals surface area contributed by atoms with Crippen molar-refractivity contribution in [3.63, 3.8) is 0 Å². The Labute approximate surface area is 145 Å². The first kappa shape index (κ1) is 17.6. The van der Waals surface area contributed by atoms with Gasteiger partial charge in [-0.05, 0) is 36.1 Å². The summed E-state index contributed by atoms with van der Waals surface area (Å²) in [6.07, 6.45) is 0. The molecule has 3 rings (SSSR count). The van der Waals surface area contributed by atoms with Crippen molar-refractivity contribution in [3.8, 4) is 11.1 Å². The van der Waals surface area contributed by atoms with Gasteiger partial charge in [0, 0.05) is 22.5 Å². The number of hydrogen-bond donors (Lipinski definition) is 2. The van der Waals surface area contributed by atoms with Gasteiger partial charge < -0.3 is 11.5 Å². The van der Waals surface area contributed by atoms with Crippen LogP contribution >= 0.6 is 0 Å². The van der Waals surface area contributed by atoms with Crippen molar-refractivity contribution >= 4 is 11.4 Å². The number of nitrogen functional groups attached to an aromatic ring is 2. The Morgan fingerprint density at radius 2 is 1.25 bits per heavy atom. The summed E-state index contributed by atoms with van der Waals surface area (Å²) in [6.45, 7) is 6.43. The Kier molecular flexibility index (Phi) is 6.02. The number of anilines is 2. The first-order valence-electron chi connectivity index (χ1n) is 8.25. The van der Waals surface area contributed by atoms with E-state index in [1.54, 1.807) is 0 Å². The highest BCUT2D eigenvalue weighted by atomic mass is 14.6. The van der Waals surface area contributed by atoms with Crippen LogP contribution in [0.2, 0.25) is 0 Å². The van der Waals surface area contributed by atoms with Crippen molar-refractivity contribution in [1.82, 2.24) is 0 Å². The normalized spacial score (nSPS) is 10.2. The summed E-state index contributed by atoms with van der Waals surface area (Å²) < 4.78 is 0. The molecule has 0 radical (unpaired) electrons. The van der Waals surface area contributed by atoms with Crippen LogP contribution in [0.5, 0.6) is 0 Å². The largest absolute Gasteiger partial charge is 0.398 e. The SMILES string of the molecule is CC(C)c1ccccc1.Cc1ccc(-c2ccccc2N)c(N)c1. The molecule has 0 aliphatic heterocycles. The third kappa shape index (κ3) is 4.63. The molecule has 3 aromatic rings. The fraction of sp³-hybridized carbons (Fsp3) is 0.182.